The molecule has 1 aliphatic rings. The third-order valence-corrected chi connectivity index (χ3v) is 5.02. The molecule has 0 saturated carbocycles. The number of amides is 2. The van der Waals surface area contributed by atoms with Crippen molar-refractivity contribution in [2.24, 2.45) is 0 Å². The number of benzene rings is 2. The summed E-state index contributed by atoms with van der Waals surface area (Å²) in [6, 6.07) is 18.2. The molecule has 1 saturated heterocycles. The van der Waals surface area contributed by atoms with E-state index in [0.29, 0.717) is 17.2 Å². The van der Waals surface area contributed by atoms with Crippen LogP contribution in [0.15, 0.2) is 77.0 Å². The summed E-state index contributed by atoms with van der Waals surface area (Å²) < 4.78 is 5.77. The number of anilines is 1. The fraction of sp³-hybridized carbons (Fsp3) is 0. The van der Waals surface area contributed by atoms with Crippen molar-refractivity contribution in [3.05, 3.63) is 82.6 Å². The molecule has 0 unspecified atom stereocenters. The first-order valence-electron chi connectivity index (χ1n) is 8.38. The maximum absolute atomic E-state index is 12.9. The normalized spacial score (nSPS) is 15.6. The topological polar surface area (TPSA) is 58.6 Å². The van der Waals surface area contributed by atoms with Crippen LogP contribution < -0.4 is 15.0 Å². The van der Waals surface area contributed by atoms with E-state index in [4.69, 9.17) is 17.0 Å². The van der Waals surface area contributed by atoms with Crippen LogP contribution in [0.3, 0.4) is 0 Å². The van der Waals surface area contributed by atoms with Gasteiger partial charge in [-0.05, 0) is 77.1 Å². The molecule has 0 radical (unpaired) electrons. The number of carbonyl (C=O) groups excluding carboxylic acids is 2. The summed E-state index contributed by atoms with van der Waals surface area (Å²) >= 11 is 6.71. The van der Waals surface area contributed by atoms with Gasteiger partial charge in [0.2, 0.25) is 0 Å². The molecule has 0 spiro atoms. The number of hydrogen-bond donors (Lipinski definition) is 1. The van der Waals surface area contributed by atoms with Gasteiger partial charge in [-0.25, -0.2) is 0 Å². The number of nitrogens with zero attached hydrogens (tertiary/aromatic N) is 1. The minimum atomic E-state index is -0.499. The number of hydrogen-bond acceptors (Lipinski definition) is 5. The summed E-state index contributed by atoms with van der Waals surface area (Å²) in [4.78, 5) is 26.5. The van der Waals surface area contributed by atoms with E-state index in [1.807, 2.05) is 47.2 Å². The summed E-state index contributed by atoms with van der Waals surface area (Å²) in [5, 5.41) is 6.37. The van der Waals surface area contributed by atoms with E-state index in [0.717, 1.165) is 5.56 Å². The number of para-hydroxylation sites is 1. The fourth-order valence-electron chi connectivity index (χ4n) is 2.70. The smallest absolute Gasteiger partial charge is 0.270 e. The van der Waals surface area contributed by atoms with Crippen LogP contribution in [0.2, 0.25) is 0 Å². The third kappa shape index (κ3) is 3.71. The van der Waals surface area contributed by atoms with E-state index in [1.54, 1.807) is 30.3 Å². The van der Waals surface area contributed by atoms with Gasteiger partial charge in [-0.2, -0.15) is 11.3 Å². The van der Waals surface area contributed by atoms with Crippen LogP contribution in [0, 0.1) is 0 Å². The summed E-state index contributed by atoms with van der Waals surface area (Å²) in [6.07, 6.45) is 1.57. The van der Waals surface area contributed by atoms with Crippen molar-refractivity contribution in [1.29, 1.82) is 0 Å². The SMILES string of the molecule is O=C1NC(=S)N(c2ccc(Oc3ccccc3)cc2)C(=O)/C1=C/c1ccsc1. The largest absolute Gasteiger partial charge is 0.457 e. The Morgan fingerprint density at radius 1 is 0.964 bits per heavy atom. The van der Waals surface area contributed by atoms with Crippen LogP contribution in [-0.2, 0) is 9.59 Å². The van der Waals surface area contributed by atoms with Gasteiger partial charge >= 0.3 is 0 Å². The molecule has 1 fully saturated rings. The van der Waals surface area contributed by atoms with E-state index >= 15 is 0 Å². The predicted molar refractivity (Wildman–Crippen MR) is 113 cm³/mol. The van der Waals surface area contributed by atoms with Crippen LogP contribution in [0.25, 0.3) is 6.08 Å². The van der Waals surface area contributed by atoms with Gasteiger partial charge in [-0.1, -0.05) is 18.2 Å². The molecule has 0 bridgehead atoms. The standard InChI is InChI=1S/C21H14N2O3S2/c24-19-18(12-14-10-11-28-13-14)20(25)23(21(27)22-19)15-6-8-17(9-7-15)26-16-4-2-1-3-5-16/h1-13H,(H,22,24,27)/b18-12+. The number of carbonyl (C=O) groups is 2. The van der Waals surface area contributed by atoms with Gasteiger partial charge in [0.05, 0.1) is 5.69 Å². The van der Waals surface area contributed by atoms with E-state index < -0.39 is 11.8 Å². The molecule has 7 heteroatoms. The molecular weight excluding hydrogens is 392 g/mol. The summed E-state index contributed by atoms with van der Waals surface area (Å²) in [7, 11) is 0. The highest BCUT2D eigenvalue weighted by Gasteiger charge is 2.34. The van der Waals surface area contributed by atoms with Crippen molar-refractivity contribution in [3.63, 3.8) is 0 Å². The number of thiocarbonyl (C=S) groups is 1. The van der Waals surface area contributed by atoms with Gasteiger partial charge < -0.3 is 4.74 Å². The number of rotatable bonds is 4. The molecule has 3 aromatic rings. The van der Waals surface area contributed by atoms with Crippen molar-refractivity contribution in [1.82, 2.24) is 5.32 Å². The molecule has 1 aliphatic heterocycles. The molecule has 138 valence electrons. The maximum Gasteiger partial charge on any atom is 0.270 e. The summed E-state index contributed by atoms with van der Waals surface area (Å²) in [5.41, 5.74) is 1.38. The Hall–Kier alpha value is -3.29. The highest BCUT2D eigenvalue weighted by atomic mass is 32.1. The number of ether oxygens (including phenoxy) is 1. The lowest BCUT2D eigenvalue weighted by molar-refractivity contribution is -0.122. The summed E-state index contributed by atoms with van der Waals surface area (Å²) in [5.74, 6) is 0.384. The van der Waals surface area contributed by atoms with E-state index in [-0.39, 0.29) is 10.7 Å². The molecule has 0 aliphatic carbocycles. The first kappa shape index (κ1) is 18.1. The highest BCUT2D eigenvalue weighted by Crippen LogP contribution is 2.27. The van der Waals surface area contributed by atoms with E-state index in [2.05, 4.69) is 5.32 Å². The first-order chi connectivity index (χ1) is 13.6. The lowest BCUT2D eigenvalue weighted by Gasteiger charge is -2.29. The lowest BCUT2D eigenvalue weighted by atomic mass is 10.1. The van der Waals surface area contributed by atoms with Crippen molar-refractivity contribution < 1.29 is 14.3 Å². The molecule has 2 aromatic carbocycles. The molecular formula is C21H14N2O3S2. The Kier molecular flexibility index (Phi) is 5.01. The molecule has 1 aromatic heterocycles. The number of thiophene rings is 1. The average molecular weight is 406 g/mol. The Morgan fingerprint density at radius 3 is 2.36 bits per heavy atom. The molecule has 2 amide bonds. The van der Waals surface area contributed by atoms with Crippen LogP contribution in [0.4, 0.5) is 5.69 Å². The second kappa shape index (κ2) is 7.75. The zero-order valence-electron chi connectivity index (χ0n) is 14.5. The van der Waals surface area contributed by atoms with Gasteiger partial charge in [-0.3, -0.25) is 19.8 Å². The lowest BCUT2D eigenvalue weighted by Crippen LogP contribution is -2.54. The van der Waals surface area contributed by atoms with Crippen LogP contribution in [-0.4, -0.2) is 16.9 Å². The Balaban J connectivity index is 1.59. The highest BCUT2D eigenvalue weighted by molar-refractivity contribution is 7.80. The van der Waals surface area contributed by atoms with Gasteiger partial charge in [0.25, 0.3) is 11.8 Å². The Labute approximate surface area is 170 Å². The molecule has 1 N–H and O–H groups in total. The van der Waals surface area contributed by atoms with Crippen molar-refractivity contribution in [2.75, 3.05) is 4.90 Å². The second-order valence-electron chi connectivity index (χ2n) is 5.92. The fourth-order valence-corrected chi connectivity index (χ4v) is 3.60. The first-order valence-corrected chi connectivity index (χ1v) is 9.73. The van der Waals surface area contributed by atoms with Gasteiger partial charge in [0.15, 0.2) is 5.11 Å². The molecule has 0 atom stereocenters. The quantitative estimate of drug-likeness (QED) is 0.397. The van der Waals surface area contributed by atoms with Crippen molar-refractivity contribution in [3.8, 4) is 11.5 Å². The van der Waals surface area contributed by atoms with E-state index in [9.17, 15) is 9.59 Å². The number of nitrogens with one attached hydrogen (secondary N) is 1. The van der Waals surface area contributed by atoms with Gasteiger partial charge in [0.1, 0.15) is 17.1 Å². The zero-order valence-corrected chi connectivity index (χ0v) is 16.1. The van der Waals surface area contributed by atoms with Gasteiger partial charge in [0, 0.05) is 0 Å². The molecule has 28 heavy (non-hydrogen) atoms. The maximum atomic E-state index is 12.9. The second-order valence-corrected chi connectivity index (χ2v) is 7.09. The molecule has 5 nitrogen and oxygen atoms in total. The van der Waals surface area contributed by atoms with E-state index in [1.165, 1.54) is 16.2 Å². The minimum Gasteiger partial charge on any atom is -0.457 e. The average Bonchev–Trinajstić information content (AvgIpc) is 3.20. The molecule has 4 rings (SSSR count). The molecule has 2 heterocycles. The Morgan fingerprint density at radius 2 is 1.68 bits per heavy atom. The predicted octanol–water partition coefficient (Wildman–Crippen LogP) is 4.37. The van der Waals surface area contributed by atoms with Crippen molar-refractivity contribution in [2.45, 2.75) is 0 Å². The zero-order chi connectivity index (χ0) is 19.5. The third-order valence-electron chi connectivity index (χ3n) is 4.03. The van der Waals surface area contributed by atoms with Crippen LogP contribution in [0.5, 0.6) is 11.5 Å². The van der Waals surface area contributed by atoms with Crippen LogP contribution >= 0.6 is 23.6 Å². The summed E-state index contributed by atoms with van der Waals surface area (Å²) in [6.45, 7) is 0. The van der Waals surface area contributed by atoms with Crippen molar-refractivity contribution >= 4 is 52.2 Å². The monoisotopic (exact) mass is 406 g/mol. The van der Waals surface area contributed by atoms with Gasteiger partial charge in [-0.15, -0.1) is 0 Å². The minimum absolute atomic E-state index is 0.0385. The van der Waals surface area contributed by atoms with Crippen LogP contribution in [0.1, 0.15) is 5.56 Å². The Bertz CT molecular complexity index is 1060.